The summed E-state index contributed by atoms with van der Waals surface area (Å²) in [6.45, 7) is 0.814. The van der Waals surface area contributed by atoms with Crippen molar-refractivity contribution in [2.45, 2.75) is 29.1 Å². The Morgan fingerprint density at radius 1 is 1.05 bits per heavy atom. The Hall–Kier alpha value is -1.33. The zero-order valence-corrected chi connectivity index (χ0v) is 12.4. The van der Waals surface area contributed by atoms with E-state index in [1.54, 1.807) is 11.8 Å². The fourth-order valence-electron chi connectivity index (χ4n) is 2.25. The second-order valence-corrected chi connectivity index (χ2v) is 6.21. The van der Waals surface area contributed by atoms with Crippen LogP contribution in [0.15, 0.2) is 65.6 Å². The SMILES string of the molecule is O[C@H]1CO[C@@H](OCc2ccccc2)[C@@H]1Sc1ccccc1. The highest BCUT2D eigenvalue weighted by molar-refractivity contribution is 8.00. The van der Waals surface area contributed by atoms with Gasteiger partial charge in [-0.15, -0.1) is 11.8 Å². The van der Waals surface area contributed by atoms with Gasteiger partial charge in [-0.25, -0.2) is 0 Å². The van der Waals surface area contributed by atoms with Gasteiger partial charge in [-0.3, -0.25) is 0 Å². The van der Waals surface area contributed by atoms with E-state index in [2.05, 4.69) is 0 Å². The van der Waals surface area contributed by atoms with Gasteiger partial charge in [0.25, 0.3) is 0 Å². The molecule has 4 heteroatoms. The molecule has 3 rings (SSSR count). The number of hydrogen-bond acceptors (Lipinski definition) is 4. The Labute approximate surface area is 128 Å². The normalized spacial score (nSPS) is 25.1. The van der Waals surface area contributed by atoms with Crippen molar-refractivity contribution in [1.29, 1.82) is 0 Å². The Kier molecular flexibility index (Phi) is 4.93. The third-order valence-electron chi connectivity index (χ3n) is 3.35. The fraction of sp³-hybridized carbons (Fsp3) is 0.294. The van der Waals surface area contributed by atoms with E-state index in [1.807, 2.05) is 60.7 Å². The third-order valence-corrected chi connectivity index (χ3v) is 4.70. The Bertz CT molecular complexity index is 546. The van der Waals surface area contributed by atoms with Gasteiger partial charge in [0, 0.05) is 4.90 Å². The van der Waals surface area contributed by atoms with Crippen LogP contribution < -0.4 is 0 Å². The lowest BCUT2D eigenvalue weighted by molar-refractivity contribution is -0.116. The lowest BCUT2D eigenvalue weighted by Gasteiger charge is -2.20. The summed E-state index contributed by atoms with van der Waals surface area (Å²) in [6.07, 6.45) is -0.888. The van der Waals surface area contributed by atoms with E-state index in [1.165, 1.54) is 0 Å². The van der Waals surface area contributed by atoms with Crippen LogP contribution in [0.25, 0.3) is 0 Å². The zero-order valence-electron chi connectivity index (χ0n) is 11.6. The molecule has 0 radical (unpaired) electrons. The lowest BCUT2D eigenvalue weighted by Crippen LogP contribution is -2.29. The maximum absolute atomic E-state index is 10.1. The monoisotopic (exact) mass is 302 g/mol. The molecule has 1 N–H and O–H groups in total. The Morgan fingerprint density at radius 3 is 2.43 bits per heavy atom. The minimum Gasteiger partial charge on any atom is -0.389 e. The molecule has 1 aliphatic rings. The van der Waals surface area contributed by atoms with E-state index >= 15 is 0 Å². The number of aliphatic hydroxyl groups excluding tert-OH is 1. The first-order chi connectivity index (χ1) is 10.3. The third kappa shape index (κ3) is 3.86. The molecule has 0 aromatic heterocycles. The number of ether oxygens (including phenoxy) is 2. The van der Waals surface area contributed by atoms with Crippen LogP contribution in [0.1, 0.15) is 5.56 Å². The molecule has 1 saturated heterocycles. The fourth-order valence-corrected chi connectivity index (χ4v) is 3.38. The number of hydrogen-bond donors (Lipinski definition) is 1. The molecule has 3 nitrogen and oxygen atoms in total. The summed E-state index contributed by atoms with van der Waals surface area (Å²) in [6, 6.07) is 20.0. The summed E-state index contributed by atoms with van der Waals surface area (Å²) < 4.78 is 11.4. The largest absolute Gasteiger partial charge is 0.389 e. The molecule has 1 aliphatic heterocycles. The summed E-state index contributed by atoms with van der Waals surface area (Å²) in [5, 5.41) is 9.99. The summed E-state index contributed by atoms with van der Waals surface area (Å²) >= 11 is 1.60. The van der Waals surface area contributed by atoms with Crippen molar-refractivity contribution >= 4 is 11.8 Å². The molecule has 2 aromatic rings. The van der Waals surface area contributed by atoms with Crippen molar-refractivity contribution in [3.8, 4) is 0 Å². The Morgan fingerprint density at radius 2 is 1.71 bits per heavy atom. The van der Waals surface area contributed by atoms with Gasteiger partial charge in [-0.1, -0.05) is 48.5 Å². The molecular weight excluding hydrogens is 284 g/mol. The van der Waals surface area contributed by atoms with Crippen LogP contribution in [0, 0.1) is 0 Å². The molecular formula is C17H18O3S. The van der Waals surface area contributed by atoms with Crippen LogP contribution in [-0.4, -0.2) is 29.4 Å². The highest BCUT2D eigenvalue weighted by Crippen LogP contribution is 2.33. The summed E-state index contributed by atoms with van der Waals surface area (Å²) in [5.74, 6) is 0. The van der Waals surface area contributed by atoms with Crippen molar-refractivity contribution < 1.29 is 14.6 Å². The van der Waals surface area contributed by atoms with E-state index in [9.17, 15) is 5.11 Å². The van der Waals surface area contributed by atoms with E-state index in [0.717, 1.165) is 10.5 Å². The Balaban J connectivity index is 1.61. The predicted octanol–water partition coefficient (Wildman–Crippen LogP) is 3.08. The maximum atomic E-state index is 10.1. The van der Waals surface area contributed by atoms with Gasteiger partial charge < -0.3 is 14.6 Å². The van der Waals surface area contributed by atoms with Crippen molar-refractivity contribution in [3.63, 3.8) is 0 Å². The summed E-state index contributed by atoms with van der Waals surface area (Å²) in [4.78, 5) is 1.11. The molecule has 2 aromatic carbocycles. The first-order valence-corrected chi connectivity index (χ1v) is 7.88. The minimum absolute atomic E-state index is 0.101. The van der Waals surface area contributed by atoms with Crippen molar-refractivity contribution in [1.82, 2.24) is 0 Å². The maximum Gasteiger partial charge on any atom is 0.172 e. The van der Waals surface area contributed by atoms with Gasteiger partial charge in [0.15, 0.2) is 6.29 Å². The number of thioether (sulfide) groups is 1. The average molecular weight is 302 g/mol. The zero-order chi connectivity index (χ0) is 14.5. The average Bonchev–Trinajstić information content (AvgIpc) is 2.88. The number of aliphatic hydroxyl groups is 1. The van der Waals surface area contributed by atoms with E-state index < -0.39 is 6.10 Å². The molecule has 0 amide bonds. The summed E-state index contributed by atoms with van der Waals surface area (Å²) in [7, 11) is 0. The topological polar surface area (TPSA) is 38.7 Å². The predicted molar refractivity (Wildman–Crippen MR) is 83.1 cm³/mol. The molecule has 0 unspecified atom stereocenters. The van der Waals surface area contributed by atoms with Gasteiger partial charge in [-0.05, 0) is 17.7 Å². The first-order valence-electron chi connectivity index (χ1n) is 7.00. The standard InChI is InChI=1S/C17H18O3S/c18-15-12-20-17(19-11-13-7-3-1-4-8-13)16(15)21-14-9-5-2-6-10-14/h1-10,15-18H,11-12H2/t15-,16+,17+/m0/s1. The molecule has 0 saturated carbocycles. The van der Waals surface area contributed by atoms with Crippen LogP contribution >= 0.6 is 11.8 Å². The molecule has 21 heavy (non-hydrogen) atoms. The van der Waals surface area contributed by atoms with E-state index in [0.29, 0.717) is 13.2 Å². The van der Waals surface area contributed by atoms with Crippen LogP contribution in [-0.2, 0) is 16.1 Å². The highest BCUT2D eigenvalue weighted by atomic mass is 32.2. The quantitative estimate of drug-likeness (QED) is 0.921. The molecule has 1 heterocycles. The number of benzene rings is 2. The molecule has 3 atom stereocenters. The molecule has 0 bridgehead atoms. The van der Waals surface area contributed by atoms with Gasteiger partial charge in [-0.2, -0.15) is 0 Å². The van der Waals surface area contributed by atoms with E-state index in [4.69, 9.17) is 9.47 Å². The summed E-state index contributed by atoms with van der Waals surface area (Å²) in [5.41, 5.74) is 1.10. The van der Waals surface area contributed by atoms with Crippen molar-refractivity contribution in [2.75, 3.05) is 6.61 Å². The minimum atomic E-state index is -0.504. The van der Waals surface area contributed by atoms with Crippen molar-refractivity contribution in [2.24, 2.45) is 0 Å². The highest BCUT2D eigenvalue weighted by Gasteiger charge is 2.37. The van der Waals surface area contributed by atoms with Gasteiger partial charge in [0.05, 0.1) is 24.6 Å². The van der Waals surface area contributed by atoms with Crippen LogP contribution in [0.5, 0.6) is 0 Å². The van der Waals surface area contributed by atoms with Crippen LogP contribution in [0.4, 0.5) is 0 Å². The molecule has 110 valence electrons. The molecule has 1 fully saturated rings. The number of rotatable bonds is 5. The lowest BCUT2D eigenvalue weighted by atomic mass is 10.2. The first kappa shape index (κ1) is 14.6. The molecule has 0 aliphatic carbocycles. The van der Waals surface area contributed by atoms with Gasteiger partial charge in [0.1, 0.15) is 0 Å². The van der Waals surface area contributed by atoms with E-state index in [-0.39, 0.29) is 11.5 Å². The van der Waals surface area contributed by atoms with Gasteiger partial charge >= 0.3 is 0 Å². The van der Waals surface area contributed by atoms with Gasteiger partial charge in [0.2, 0.25) is 0 Å². The van der Waals surface area contributed by atoms with Crippen LogP contribution in [0.2, 0.25) is 0 Å². The van der Waals surface area contributed by atoms with Crippen LogP contribution in [0.3, 0.4) is 0 Å². The van der Waals surface area contributed by atoms with Crippen molar-refractivity contribution in [3.05, 3.63) is 66.2 Å². The second kappa shape index (κ2) is 7.09. The second-order valence-electron chi connectivity index (χ2n) is 4.96. The molecule has 0 spiro atoms. The smallest absolute Gasteiger partial charge is 0.172 e.